The summed E-state index contributed by atoms with van der Waals surface area (Å²) in [6, 6.07) is 43.2. The second-order valence-electron chi connectivity index (χ2n) is 10.8. The highest BCUT2D eigenvalue weighted by atomic mass is 16.5. The standard InChI is InChI=1S/C37H30N4O2/c38-25-7-13-29(14-8-25)42-31-5-1-3-23(19-31)37(24-4-2-6-32(20-24)43-30-15-9-26(39)10-16-30)35-21-27(40)11-17-33(35)34-18-12-28(41)22-36(34)37/h1-22H,38-41H2. The number of rotatable bonds is 6. The van der Waals surface area contributed by atoms with E-state index in [1.54, 1.807) is 0 Å². The van der Waals surface area contributed by atoms with Gasteiger partial charge >= 0.3 is 0 Å². The summed E-state index contributed by atoms with van der Waals surface area (Å²) in [4.78, 5) is 0. The minimum atomic E-state index is -0.767. The van der Waals surface area contributed by atoms with E-state index in [0.717, 1.165) is 33.4 Å². The van der Waals surface area contributed by atoms with Crippen LogP contribution in [0.2, 0.25) is 0 Å². The summed E-state index contributed by atoms with van der Waals surface area (Å²) < 4.78 is 12.6. The summed E-state index contributed by atoms with van der Waals surface area (Å²) in [5, 5.41) is 0. The van der Waals surface area contributed by atoms with Crippen LogP contribution >= 0.6 is 0 Å². The van der Waals surface area contributed by atoms with Crippen LogP contribution in [0.4, 0.5) is 22.7 Å². The van der Waals surface area contributed by atoms with Gasteiger partial charge in [-0.1, -0.05) is 36.4 Å². The minimum Gasteiger partial charge on any atom is -0.457 e. The van der Waals surface area contributed by atoms with Crippen LogP contribution < -0.4 is 32.4 Å². The van der Waals surface area contributed by atoms with Crippen LogP contribution in [0, 0.1) is 0 Å². The Kier molecular flexibility index (Phi) is 6.17. The fourth-order valence-corrected chi connectivity index (χ4v) is 6.08. The van der Waals surface area contributed by atoms with E-state index in [9.17, 15) is 0 Å². The quantitative estimate of drug-likeness (QED) is 0.153. The molecule has 7 rings (SSSR count). The van der Waals surface area contributed by atoms with Crippen molar-refractivity contribution in [1.29, 1.82) is 0 Å². The summed E-state index contributed by atoms with van der Waals surface area (Å²) in [7, 11) is 0. The number of fused-ring (bicyclic) bond motifs is 3. The molecule has 1 aliphatic carbocycles. The lowest BCUT2D eigenvalue weighted by Crippen LogP contribution is -2.29. The first-order chi connectivity index (χ1) is 20.9. The Morgan fingerprint density at radius 1 is 0.372 bits per heavy atom. The van der Waals surface area contributed by atoms with Gasteiger partial charge < -0.3 is 32.4 Å². The summed E-state index contributed by atoms with van der Waals surface area (Å²) in [5.74, 6) is 2.78. The molecule has 0 fully saturated rings. The predicted octanol–water partition coefficient (Wildman–Crippen LogP) is 7.96. The van der Waals surface area contributed by atoms with Gasteiger partial charge in [0.25, 0.3) is 0 Å². The van der Waals surface area contributed by atoms with Crippen molar-refractivity contribution >= 4 is 22.7 Å². The van der Waals surface area contributed by atoms with Crippen molar-refractivity contribution in [3.8, 4) is 34.1 Å². The summed E-state index contributed by atoms with van der Waals surface area (Å²) >= 11 is 0. The van der Waals surface area contributed by atoms with E-state index in [-0.39, 0.29) is 0 Å². The molecule has 0 heterocycles. The van der Waals surface area contributed by atoms with Gasteiger partial charge in [0.05, 0.1) is 5.41 Å². The molecule has 8 N–H and O–H groups in total. The third-order valence-corrected chi connectivity index (χ3v) is 7.95. The number of benzene rings is 6. The first-order valence-corrected chi connectivity index (χ1v) is 14.0. The number of ether oxygens (including phenoxy) is 2. The average Bonchev–Trinajstić information content (AvgIpc) is 3.29. The highest BCUT2D eigenvalue weighted by Gasteiger charge is 2.46. The van der Waals surface area contributed by atoms with Crippen molar-refractivity contribution in [1.82, 2.24) is 0 Å². The number of hydrogen-bond donors (Lipinski definition) is 4. The van der Waals surface area contributed by atoms with Gasteiger partial charge in [0.1, 0.15) is 23.0 Å². The van der Waals surface area contributed by atoms with Crippen molar-refractivity contribution in [2.45, 2.75) is 5.41 Å². The van der Waals surface area contributed by atoms with Crippen LogP contribution in [0.1, 0.15) is 22.3 Å². The Labute approximate surface area is 250 Å². The molecule has 0 unspecified atom stereocenters. The zero-order valence-corrected chi connectivity index (χ0v) is 23.3. The predicted molar refractivity (Wildman–Crippen MR) is 174 cm³/mol. The van der Waals surface area contributed by atoms with E-state index < -0.39 is 5.41 Å². The maximum Gasteiger partial charge on any atom is 0.127 e. The van der Waals surface area contributed by atoms with E-state index in [4.69, 9.17) is 32.4 Å². The molecule has 0 amide bonds. The molecule has 6 heteroatoms. The van der Waals surface area contributed by atoms with Gasteiger partial charge in [-0.2, -0.15) is 0 Å². The lowest BCUT2D eigenvalue weighted by molar-refractivity contribution is 0.480. The third kappa shape index (κ3) is 4.55. The Hall–Kier alpha value is -5.88. The molecule has 0 bridgehead atoms. The number of nitrogens with two attached hydrogens (primary N) is 4. The molecule has 0 saturated heterocycles. The Morgan fingerprint density at radius 2 is 0.767 bits per heavy atom. The molecule has 210 valence electrons. The monoisotopic (exact) mass is 562 g/mol. The summed E-state index contributed by atoms with van der Waals surface area (Å²) in [6.07, 6.45) is 0. The fraction of sp³-hybridized carbons (Fsp3) is 0.0270. The molecule has 0 radical (unpaired) electrons. The fourth-order valence-electron chi connectivity index (χ4n) is 6.08. The largest absolute Gasteiger partial charge is 0.457 e. The van der Waals surface area contributed by atoms with Crippen LogP contribution in [0.3, 0.4) is 0 Å². The first-order valence-electron chi connectivity index (χ1n) is 14.0. The zero-order valence-electron chi connectivity index (χ0n) is 23.3. The second-order valence-corrected chi connectivity index (χ2v) is 10.8. The lowest BCUT2D eigenvalue weighted by Gasteiger charge is -2.34. The highest BCUT2D eigenvalue weighted by Crippen LogP contribution is 2.57. The van der Waals surface area contributed by atoms with Gasteiger partial charge in [-0.15, -0.1) is 0 Å². The van der Waals surface area contributed by atoms with E-state index in [1.165, 1.54) is 0 Å². The molecule has 6 nitrogen and oxygen atoms in total. The molecule has 0 spiro atoms. The van der Waals surface area contributed by atoms with E-state index in [1.807, 2.05) is 84.9 Å². The van der Waals surface area contributed by atoms with Gasteiger partial charge in [-0.3, -0.25) is 0 Å². The van der Waals surface area contributed by atoms with Crippen molar-refractivity contribution < 1.29 is 9.47 Å². The molecule has 43 heavy (non-hydrogen) atoms. The molecule has 1 aliphatic rings. The maximum atomic E-state index is 6.47. The van der Waals surface area contributed by atoms with Crippen LogP contribution in [-0.4, -0.2) is 0 Å². The Balaban J connectivity index is 1.46. The van der Waals surface area contributed by atoms with Crippen LogP contribution in [0.5, 0.6) is 23.0 Å². The SMILES string of the molecule is Nc1ccc(Oc2cccc(C3(c4cccc(Oc5ccc(N)cc5)c4)c4cc(N)ccc4-c4ccc(N)cc43)c2)cc1. The molecule has 0 atom stereocenters. The van der Waals surface area contributed by atoms with Crippen molar-refractivity contribution in [3.63, 3.8) is 0 Å². The number of nitrogen functional groups attached to an aromatic ring is 4. The van der Waals surface area contributed by atoms with Crippen LogP contribution in [0.15, 0.2) is 133 Å². The van der Waals surface area contributed by atoms with E-state index >= 15 is 0 Å². The lowest BCUT2D eigenvalue weighted by atomic mass is 9.67. The van der Waals surface area contributed by atoms with Crippen molar-refractivity contribution in [2.24, 2.45) is 0 Å². The van der Waals surface area contributed by atoms with E-state index in [2.05, 4.69) is 48.5 Å². The van der Waals surface area contributed by atoms with Crippen LogP contribution in [-0.2, 0) is 5.41 Å². The van der Waals surface area contributed by atoms with Gasteiger partial charge in [-0.05, 0) is 130 Å². The van der Waals surface area contributed by atoms with Crippen molar-refractivity contribution in [2.75, 3.05) is 22.9 Å². The van der Waals surface area contributed by atoms with Gasteiger partial charge in [-0.25, -0.2) is 0 Å². The molecule has 6 aromatic carbocycles. The molecular weight excluding hydrogens is 532 g/mol. The topological polar surface area (TPSA) is 123 Å². The molecule has 0 aromatic heterocycles. The third-order valence-electron chi connectivity index (χ3n) is 7.95. The Morgan fingerprint density at radius 3 is 1.19 bits per heavy atom. The smallest absolute Gasteiger partial charge is 0.127 e. The molecule has 0 saturated carbocycles. The summed E-state index contributed by atoms with van der Waals surface area (Å²) in [6.45, 7) is 0. The molecule has 6 aromatic rings. The maximum absolute atomic E-state index is 6.47. The van der Waals surface area contributed by atoms with Gasteiger partial charge in [0.2, 0.25) is 0 Å². The highest BCUT2D eigenvalue weighted by molar-refractivity contribution is 5.88. The first kappa shape index (κ1) is 26.0. The van der Waals surface area contributed by atoms with Gasteiger partial charge in [0, 0.05) is 22.7 Å². The normalized spacial score (nSPS) is 12.7. The number of hydrogen-bond acceptors (Lipinski definition) is 6. The molecule has 0 aliphatic heterocycles. The minimum absolute atomic E-state index is 0.674. The van der Waals surface area contributed by atoms with Crippen molar-refractivity contribution in [3.05, 3.63) is 156 Å². The van der Waals surface area contributed by atoms with Gasteiger partial charge in [0.15, 0.2) is 0 Å². The molecular formula is C37H30N4O2. The summed E-state index contributed by atoms with van der Waals surface area (Å²) in [5.41, 5.74) is 33.0. The zero-order chi connectivity index (χ0) is 29.6. The second kappa shape index (κ2) is 10.2. The Bertz CT molecular complexity index is 1820. The van der Waals surface area contributed by atoms with E-state index in [0.29, 0.717) is 45.7 Å². The number of anilines is 4. The average molecular weight is 563 g/mol. The van der Waals surface area contributed by atoms with Crippen LogP contribution in [0.25, 0.3) is 11.1 Å².